The number of nitrogens with zero attached hydrogens (tertiary/aromatic N) is 1. The van der Waals surface area contributed by atoms with Gasteiger partial charge < -0.3 is 14.8 Å². The van der Waals surface area contributed by atoms with Crippen LogP contribution in [0.5, 0.6) is 0 Å². The van der Waals surface area contributed by atoms with Crippen molar-refractivity contribution in [3.05, 3.63) is 29.7 Å². The van der Waals surface area contributed by atoms with Gasteiger partial charge in [-0.2, -0.15) is 0 Å². The summed E-state index contributed by atoms with van der Waals surface area (Å²) in [4.78, 5) is 15.3. The fourth-order valence-electron chi connectivity index (χ4n) is 2.75. The van der Waals surface area contributed by atoms with Crippen LogP contribution in [0.15, 0.2) is 22.6 Å². The number of aryl methyl sites for hydroxylation is 1. The lowest BCUT2D eigenvalue weighted by molar-refractivity contribution is -0.138. The van der Waals surface area contributed by atoms with Gasteiger partial charge in [0.1, 0.15) is 5.52 Å². The first kappa shape index (κ1) is 12.2. The predicted octanol–water partition coefficient (Wildman–Crippen LogP) is 2.12. The van der Waals surface area contributed by atoms with Crippen LogP contribution in [0.25, 0.3) is 11.1 Å². The molecule has 1 saturated carbocycles. The second-order valence-corrected chi connectivity index (χ2v) is 5.07. The summed E-state index contributed by atoms with van der Waals surface area (Å²) in [5.41, 5.74) is 2.65. The fraction of sp³-hybridized carbons (Fsp3) is 0.429. The molecular weight excluding hydrogens is 244 g/mol. The zero-order valence-corrected chi connectivity index (χ0v) is 10.9. The maximum atomic E-state index is 11.0. The SMILES string of the molecule is CNC(c1ccc2oc(C)nc2c1)C1CC1C(=O)O. The monoisotopic (exact) mass is 260 g/mol. The van der Waals surface area contributed by atoms with E-state index in [-0.39, 0.29) is 17.9 Å². The number of hydrogen-bond acceptors (Lipinski definition) is 4. The molecule has 1 aromatic carbocycles. The Balaban J connectivity index is 1.91. The summed E-state index contributed by atoms with van der Waals surface area (Å²) >= 11 is 0. The summed E-state index contributed by atoms with van der Waals surface area (Å²) in [6.45, 7) is 1.82. The van der Waals surface area contributed by atoms with Gasteiger partial charge in [-0.25, -0.2) is 4.98 Å². The number of nitrogens with one attached hydrogen (secondary N) is 1. The highest BCUT2D eigenvalue weighted by Crippen LogP contribution is 2.47. The van der Waals surface area contributed by atoms with E-state index in [0.717, 1.165) is 23.1 Å². The second kappa shape index (κ2) is 4.35. The molecule has 1 heterocycles. The van der Waals surface area contributed by atoms with Crippen molar-refractivity contribution in [2.24, 2.45) is 11.8 Å². The molecule has 3 rings (SSSR count). The van der Waals surface area contributed by atoms with Crippen LogP contribution in [0.4, 0.5) is 0 Å². The van der Waals surface area contributed by atoms with Crippen LogP contribution < -0.4 is 5.32 Å². The number of rotatable bonds is 4. The van der Waals surface area contributed by atoms with Gasteiger partial charge in [0.2, 0.25) is 0 Å². The number of carboxylic acids is 1. The smallest absolute Gasteiger partial charge is 0.306 e. The molecule has 0 bridgehead atoms. The van der Waals surface area contributed by atoms with Crippen molar-refractivity contribution >= 4 is 17.1 Å². The first-order valence-corrected chi connectivity index (χ1v) is 6.37. The quantitative estimate of drug-likeness (QED) is 0.880. The number of carbonyl (C=O) groups is 1. The summed E-state index contributed by atoms with van der Waals surface area (Å²) in [5.74, 6) is -0.133. The Kier molecular flexibility index (Phi) is 2.78. The zero-order chi connectivity index (χ0) is 13.6. The highest BCUT2D eigenvalue weighted by molar-refractivity contribution is 5.75. The number of oxazole rings is 1. The van der Waals surface area contributed by atoms with Gasteiger partial charge in [-0.3, -0.25) is 4.79 Å². The maximum absolute atomic E-state index is 11.0. The van der Waals surface area contributed by atoms with E-state index in [4.69, 9.17) is 9.52 Å². The van der Waals surface area contributed by atoms with Crippen LogP contribution >= 0.6 is 0 Å². The minimum atomic E-state index is -0.705. The summed E-state index contributed by atoms with van der Waals surface area (Å²) in [6, 6.07) is 5.91. The van der Waals surface area contributed by atoms with E-state index >= 15 is 0 Å². The first-order valence-electron chi connectivity index (χ1n) is 6.37. The average Bonchev–Trinajstić information content (AvgIpc) is 3.05. The largest absolute Gasteiger partial charge is 0.481 e. The summed E-state index contributed by atoms with van der Waals surface area (Å²) in [6.07, 6.45) is 0.733. The highest BCUT2D eigenvalue weighted by Gasteiger charge is 2.48. The molecule has 3 unspecified atom stereocenters. The lowest BCUT2D eigenvalue weighted by Gasteiger charge is -2.16. The molecule has 1 aliphatic rings. The van der Waals surface area contributed by atoms with E-state index in [0.29, 0.717) is 5.89 Å². The Morgan fingerprint density at radius 2 is 2.37 bits per heavy atom. The van der Waals surface area contributed by atoms with Gasteiger partial charge in [0.25, 0.3) is 0 Å². The number of benzene rings is 1. The molecule has 1 aromatic heterocycles. The first-order chi connectivity index (χ1) is 9.10. The Labute approximate surface area is 110 Å². The van der Waals surface area contributed by atoms with Crippen molar-refractivity contribution in [1.82, 2.24) is 10.3 Å². The van der Waals surface area contributed by atoms with Gasteiger partial charge in [0, 0.05) is 13.0 Å². The van der Waals surface area contributed by atoms with Crippen molar-refractivity contribution in [3.8, 4) is 0 Å². The van der Waals surface area contributed by atoms with Crippen LogP contribution in [0, 0.1) is 18.8 Å². The third-order valence-electron chi connectivity index (χ3n) is 3.77. The van der Waals surface area contributed by atoms with E-state index in [9.17, 15) is 4.79 Å². The summed E-state index contributed by atoms with van der Waals surface area (Å²) in [7, 11) is 1.86. The molecule has 0 aliphatic heterocycles. The van der Waals surface area contributed by atoms with Crippen molar-refractivity contribution < 1.29 is 14.3 Å². The molecule has 1 aliphatic carbocycles. The van der Waals surface area contributed by atoms with Crippen LogP contribution in [-0.4, -0.2) is 23.1 Å². The van der Waals surface area contributed by atoms with E-state index in [2.05, 4.69) is 10.3 Å². The predicted molar refractivity (Wildman–Crippen MR) is 69.8 cm³/mol. The molecule has 0 radical (unpaired) electrons. The molecule has 5 nitrogen and oxygen atoms in total. The third kappa shape index (κ3) is 2.10. The fourth-order valence-corrected chi connectivity index (χ4v) is 2.75. The van der Waals surface area contributed by atoms with Crippen LogP contribution in [-0.2, 0) is 4.79 Å². The van der Waals surface area contributed by atoms with Gasteiger partial charge in [-0.1, -0.05) is 6.07 Å². The summed E-state index contributed by atoms with van der Waals surface area (Å²) in [5, 5.41) is 12.2. The van der Waals surface area contributed by atoms with Crippen LogP contribution in [0.2, 0.25) is 0 Å². The third-order valence-corrected chi connectivity index (χ3v) is 3.77. The topological polar surface area (TPSA) is 75.4 Å². The minimum absolute atomic E-state index is 0.0579. The van der Waals surface area contributed by atoms with Gasteiger partial charge in [0.05, 0.1) is 5.92 Å². The van der Waals surface area contributed by atoms with E-state index in [1.807, 2.05) is 32.2 Å². The number of hydrogen-bond donors (Lipinski definition) is 2. The molecular formula is C14H16N2O3. The second-order valence-electron chi connectivity index (χ2n) is 5.07. The number of aromatic nitrogens is 1. The minimum Gasteiger partial charge on any atom is -0.481 e. The molecule has 0 saturated heterocycles. The Hall–Kier alpha value is -1.88. The molecule has 0 spiro atoms. The number of carboxylic acid groups (broad SMARTS) is 1. The van der Waals surface area contributed by atoms with Crippen molar-refractivity contribution in [2.45, 2.75) is 19.4 Å². The normalized spacial score (nSPS) is 23.5. The van der Waals surface area contributed by atoms with E-state index in [1.165, 1.54) is 0 Å². The Morgan fingerprint density at radius 1 is 1.58 bits per heavy atom. The molecule has 1 fully saturated rings. The summed E-state index contributed by atoms with van der Waals surface area (Å²) < 4.78 is 5.45. The van der Waals surface area contributed by atoms with E-state index in [1.54, 1.807) is 0 Å². The molecule has 5 heteroatoms. The lowest BCUT2D eigenvalue weighted by Crippen LogP contribution is -2.20. The average molecular weight is 260 g/mol. The van der Waals surface area contributed by atoms with Crippen LogP contribution in [0.1, 0.15) is 23.9 Å². The van der Waals surface area contributed by atoms with Gasteiger partial charge in [-0.15, -0.1) is 0 Å². The standard InChI is InChI=1S/C14H16N2O3/c1-7-16-11-5-8(3-4-12(11)19-7)13(15-2)9-6-10(9)14(17)18/h3-5,9-10,13,15H,6H2,1-2H3,(H,17,18). The Morgan fingerprint density at radius 3 is 3.00 bits per heavy atom. The zero-order valence-electron chi connectivity index (χ0n) is 10.9. The molecule has 2 N–H and O–H groups in total. The van der Waals surface area contributed by atoms with Gasteiger partial charge >= 0.3 is 5.97 Å². The van der Waals surface area contributed by atoms with Gasteiger partial charge in [-0.05, 0) is 37.1 Å². The van der Waals surface area contributed by atoms with Gasteiger partial charge in [0.15, 0.2) is 11.5 Å². The maximum Gasteiger partial charge on any atom is 0.306 e. The number of aliphatic carboxylic acids is 1. The number of fused-ring (bicyclic) bond motifs is 1. The van der Waals surface area contributed by atoms with Crippen LogP contribution in [0.3, 0.4) is 0 Å². The molecule has 3 atom stereocenters. The molecule has 100 valence electrons. The highest BCUT2D eigenvalue weighted by atomic mass is 16.4. The molecule has 2 aromatic rings. The van der Waals surface area contributed by atoms with E-state index < -0.39 is 5.97 Å². The lowest BCUT2D eigenvalue weighted by atomic mass is 10.0. The van der Waals surface area contributed by atoms with Crippen molar-refractivity contribution in [2.75, 3.05) is 7.05 Å². The molecule has 19 heavy (non-hydrogen) atoms. The van der Waals surface area contributed by atoms with Crippen molar-refractivity contribution in [1.29, 1.82) is 0 Å². The van der Waals surface area contributed by atoms with Crippen molar-refractivity contribution in [3.63, 3.8) is 0 Å². The molecule has 0 amide bonds. The Bertz CT molecular complexity index is 635.